The zero-order chi connectivity index (χ0) is 15.7. The number of rotatable bonds is 4. The maximum absolute atomic E-state index is 13.0. The van der Waals surface area contributed by atoms with E-state index in [4.69, 9.17) is 4.74 Å². The van der Waals surface area contributed by atoms with Crippen LogP contribution in [0.25, 0.3) is 0 Å². The fourth-order valence-corrected chi connectivity index (χ4v) is 3.85. The number of carbonyl (C=O) groups excluding carboxylic acids is 1. The summed E-state index contributed by atoms with van der Waals surface area (Å²) in [6.45, 7) is -0.0278. The number of fused-ring (bicyclic) bond motifs is 2. The lowest BCUT2D eigenvalue weighted by Crippen LogP contribution is -2.49. The Kier molecular flexibility index (Phi) is 6.28. The molecular weight excluding hydrogens is 387 g/mol. The predicted octanol–water partition coefficient (Wildman–Crippen LogP) is 3.13. The second-order valence-corrected chi connectivity index (χ2v) is 6.99. The first-order valence-electron chi connectivity index (χ1n) is 7.62. The highest BCUT2D eigenvalue weighted by Gasteiger charge is 2.36. The van der Waals surface area contributed by atoms with Crippen LogP contribution in [0.4, 0.5) is 4.39 Å². The van der Waals surface area contributed by atoms with Crippen molar-refractivity contribution in [2.75, 3.05) is 13.7 Å². The molecule has 2 aliphatic heterocycles. The van der Waals surface area contributed by atoms with Crippen LogP contribution in [-0.2, 0) is 4.79 Å². The van der Waals surface area contributed by atoms with E-state index in [2.05, 4.69) is 21.2 Å². The van der Waals surface area contributed by atoms with Crippen LogP contribution >= 0.6 is 28.3 Å². The summed E-state index contributed by atoms with van der Waals surface area (Å²) in [5, 5.41) is 3.57. The lowest BCUT2D eigenvalue weighted by atomic mass is 9.98. The number of piperidine rings is 1. The maximum atomic E-state index is 13.0. The van der Waals surface area contributed by atoms with Gasteiger partial charge in [0.15, 0.2) is 6.61 Å². The van der Waals surface area contributed by atoms with Crippen LogP contribution in [-0.4, -0.2) is 42.6 Å². The quantitative estimate of drug-likeness (QED) is 0.834. The number of hydrogen-bond donors (Lipinski definition) is 1. The fraction of sp³-hybridized carbons (Fsp3) is 0.562. The van der Waals surface area contributed by atoms with Crippen molar-refractivity contribution < 1.29 is 13.9 Å². The van der Waals surface area contributed by atoms with Crippen LogP contribution in [0.2, 0.25) is 0 Å². The molecule has 1 amide bonds. The van der Waals surface area contributed by atoms with Crippen molar-refractivity contribution >= 4 is 34.2 Å². The summed E-state index contributed by atoms with van der Waals surface area (Å²) in [5.41, 5.74) is 0. The average molecular weight is 408 g/mol. The normalized spacial score (nSPS) is 25.6. The molecule has 23 heavy (non-hydrogen) atoms. The van der Waals surface area contributed by atoms with Gasteiger partial charge in [-0.15, -0.1) is 12.4 Å². The Morgan fingerprint density at radius 1 is 1.39 bits per heavy atom. The van der Waals surface area contributed by atoms with E-state index in [1.54, 1.807) is 0 Å². The van der Waals surface area contributed by atoms with Crippen molar-refractivity contribution in [3.05, 3.63) is 28.5 Å². The van der Waals surface area contributed by atoms with Crippen molar-refractivity contribution in [1.82, 2.24) is 10.2 Å². The molecule has 3 rings (SSSR count). The Balaban J connectivity index is 0.00000192. The van der Waals surface area contributed by atoms with Gasteiger partial charge in [-0.25, -0.2) is 4.39 Å². The molecule has 7 heteroatoms. The molecule has 1 N–H and O–H groups in total. The van der Waals surface area contributed by atoms with Crippen molar-refractivity contribution in [3.63, 3.8) is 0 Å². The van der Waals surface area contributed by atoms with Gasteiger partial charge in [0.1, 0.15) is 11.6 Å². The van der Waals surface area contributed by atoms with Crippen molar-refractivity contribution in [2.24, 2.45) is 0 Å². The van der Waals surface area contributed by atoms with Gasteiger partial charge in [0.25, 0.3) is 5.91 Å². The van der Waals surface area contributed by atoms with E-state index in [9.17, 15) is 9.18 Å². The van der Waals surface area contributed by atoms with Crippen LogP contribution in [0.5, 0.6) is 5.75 Å². The van der Waals surface area contributed by atoms with Crippen LogP contribution in [0.1, 0.15) is 25.7 Å². The predicted molar refractivity (Wildman–Crippen MR) is 92.6 cm³/mol. The summed E-state index contributed by atoms with van der Waals surface area (Å²) in [6, 6.07) is 5.55. The minimum absolute atomic E-state index is 0. The molecule has 2 bridgehead atoms. The highest BCUT2D eigenvalue weighted by atomic mass is 79.9. The van der Waals surface area contributed by atoms with Gasteiger partial charge in [-0.05, 0) is 59.8 Å². The summed E-state index contributed by atoms with van der Waals surface area (Å²) in [4.78, 5) is 14.1. The third kappa shape index (κ3) is 4.37. The molecule has 0 aromatic heterocycles. The Bertz CT molecular complexity index is 563. The lowest BCUT2D eigenvalue weighted by Gasteiger charge is -2.35. The fourth-order valence-electron chi connectivity index (χ4n) is 3.38. The number of halogens is 3. The van der Waals surface area contributed by atoms with Crippen molar-refractivity contribution in [3.8, 4) is 5.75 Å². The molecule has 2 fully saturated rings. The van der Waals surface area contributed by atoms with Gasteiger partial charge < -0.3 is 15.0 Å². The van der Waals surface area contributed by atoms with E-state index in [0.717, 1.165) is 12.8 Å². The Hall–Kier alpha value is -0.850. The van der Waals surface area contributed by atoms with Gasteiger partial charge in [0, 0.05) is 25.2 Å². The number of carbonyl (C=O) groups is 1. The van der Waals surface area contributed by atoms with Crippen LogP contribution in [0.3, 0.4) is 0 Å². The number of benzene rings is 1. The maximum Gasteiger partial charge on any atom is 0.260 e. The Labute approximate surface area is 150 Å². The topological polar surface area (TPSA) is 41.6 Å². The third-order valence-electron chi connectivity index (χ3n) is 4.63. The van der Waals surface area contributed by atoms with Crippen molar-refractivity contribution in [2.45, 2.75) is 43.8 Å². The monoisotopic (exact) mass is 406 g/mol. The molecule has 0 spiro atoms. The molecular formula is C16H21BrClFN2O2. The van der Waals surface area contributed by atoms with E-state index in [-0.39, 0.29) is 36.8 Å². The molecule has 1 aromatic carbocycles. The highest BCUT2D eigenvalue weighted by Crippen LogP contribution is 2.29. The van der Waals surface area contributed by atoms with E-state index in [1.807, 2.05) is 11.9 Å². The number of nitrogens with one attached hydrogen (secondary N) is 1. The van der Waals surface area contributed by atoms with Crippen LogP contribution < -0.4 is 10.1 Å². The first kappa shape index (κ1) is 18.5. The summed E-state index contributed by atoms with van der Waals surface area (Å²) in [7, 11) is 1.85. The van der Waals surface area contributed by atoms with Gasteiger partial charge in [-0.1, -0.05) is 0 Å². The number of likely N-dealkylation sites (N-methyl/N-ethyl adjacent to an activating group) is 1. The first-order valence-corrected chi connectivity index (χ1v) is 8.42. The zero-order valence-corrected chi connectivity index (χ0v) is 15.3. The molecule has 2 heterocycles. The molecule has 128 valence electrons. The summed E-state index contributed by atoms with van der Waals surface area (Å²) < 4.78 is 19.1. The van der Waals surface area contributed by atoms with Gasteiger partial charge in [0.2, 0.25) is 0 Å². The largest absolute Gasteiger partial charge is 0.483 e. The molecule has 0 saturated carbocycles. The smallest absolute Gasteiger partial charge is 0.260 e. The van der Waals surface area contributed by atoms with Crippen LogP contribution in [0.15, 0.2) is 22.7 Å². The average Bonchev–Trinajstić information content (AvgIpc) is 2.83. The summed E-state index contributed by atoms with van der Waals surface area (Å²) in [5.74, 6) is 0.101. The van der Waals surface area contributed by atoms with E-state index in [0.29, 0.717) is 22.3 Å². The molecule has 2 unspecified atom stereocenters. The summed E-state index contributed by atoms with van der Waals surface area (Å²) >= 11 is 3.24. The summed E-state index contributed by atoms with van der Waals surface area (Å²) in [6.07, 6.45) is 4.45. The SMILES string of the molecule is CN(C(=O)COc1ccc(F)cc1Br)C1CC2CCC(C1)N2.Cl. The van der Waals surface area contributed by atoms with Gasteiger partial charge in [-0.2, -0.15) is 0 Å². The number of ether oxygens (including phenoxy) is 1. The molecule has 2 atom stereocenters. The lowest BCUT2D eigenvalue weighted by molar-refractivity contribution is -0.134. The number of amides is 1. The van der Waals surface area contributed by atoms with E-state index in [1.165, 1.54) is 31.0 Å². The van der Waals surface area contributed by atoms with Gasteiger partial charge in [0.05, 0.1) is 4.47 Å². The highest BCUT2D eigenvalue weighted by molar-refractivity contribution is 9.10. The Morgan fingerprint density at radius 3 is 2.65 bits per heavy atom. The second kappa shape index (κ2) is 7.81. The zero-order valence-electron chi connectivity index (χ0n) is 12.9. The van der Waals surface area contributed by atoms with Gasteiger partial charge >= 0.3 is 0 Å². The van der Waals surface area contributed by atoms with Crippen LogP contribution in [0, 0.1) is 5.82 Å². The third-order valence-corrected chi connectivity index (χ3v) is 5.25. The van der Waals surface area contributed by atoms with E-state index < -0.39 is 0 Å². The molecule has 4 nitrogen and oxygen atoms in total. The Morgan fingerprint density at radius 2 is 2.04 bits per heavy atom. The molecule has 2 saturated heterocycles. The number of hydrogen-bond acceptors (Lipinski definition) is 3. The molecule has 0 radical (unpaired) electrons. The standard InChI is InChI=1S/C16H20BrFN2O2.ClH/c1-20(13-7-11-3-4-12(8-13)19-11)16(21)9-22-15-5-2-10(18)6-14(15)17;/h2,5-6,11-13,19H,3-4,7-9H2,1H3;1H. The number of nitrogens with zero attached hydrogens (tertiary/aromatic N) is 1. The minimum Gasteiger partial charge on any atom is -0.483 e. The van der Waals surface area contributed by atoms with Crippen molar-refractivity contribution in [1.29, 1.82) is 0 Å². The second-order valence-electron chi connectivity index (χ2n) is 6.13. The van der Waals surface area contributed by atoms with E-state index >= 15 is 0 Å². The molecule has 1 aromatic rings. The molecule has 2 aliphatic rings. The minimum atomic E-state index is -0.340. The first-order chi connectivity index (χ1) is 10.5. The molecule has 0 aliphatic carbocycles. The van der Waals surface area contributed by atoms with Gasteiger partial charge in [-0.3, -0.25) is 4.79 Å².